The molecule has 13 heavy (non-hydrogen) atoms. The Morgan fingerprint density at radius 3 is 2.69 bits per heavy atom. The van der Waals surface area contributed by atoms with Crippen LogP contribution in [0.3, 0.4) is 0 Å². The zero-order valence-electron chi connectivity index (χ0n) is 7.23. The van der Waals surface area contributed by atoms with Crippen LogP contribution in [0.4, 0.5) is 0 Å². The highest BCUT2D eigenvalue weighted by atomic mass is 16.3. The van der Waals surface area contributed by atoms with Crippen LogP contribution in [0.25, 0.3) is 0 Å². The summed E-state index contributed by atoms with van der Waals surface area (Å²) in [7, 11) is 0. The van der Waals surface area contributed by atoms with Gasteiger partial charge in [-0.25, -0.2) is 0 Å². The minimum absolute atomic E-state index is 0.655. The Labute approximate surface area is 75.6 Å². The summed E-state index contributed by atoms with van der Waals surface area (Å²) < 4.78 is 9.98. The fourth-order valence-corrected chi connectivity index (χ4v) is 1.29. The van der Waals surface area contributed by atoms with E-state index in [1.54, 1.807) is 18.4 Å². The Kier molecular flexibility index (Phi) is 1.94. The largest absolute Gasteiger partial charge is 0.472 e. The molecule has 0 saturated heterocycles. The molecule has 2 rings (SSSR count). The first kappa shape index (κ1) is 8.13. The fourth-order valence-electron chi connectivity index (χ4n) is 1.29. The van der Waals surface area contributed by atoms with Crippen molar-refractivity contribution < 1.29 is 13.9 Å². The van der Waals surface area contributed by atoms with E-state index in [1.165, 1.54) is 12.5 Å². The van der Waals surface area contributed by atoms with Crippen molar-refractivity contribution in [1.29, 1.82) is 0 Å². The van der Waals surface area contributed by atoms with Crippen molar-refractivity contribution in [3.8, 4) is 0 Å². The number of furan rings is 2. The predicted molar refractivity (Wildman–Crippen MR) is 46.2 cm³/mol. The Balaban J connectivity index is 2.33. The van der Waals surface area contributed by atoms with E-state index in [9.17, 15) is 5.11 Å². The average molecular weight is 178 g/mol. The van der Waals surface area contributed by atoms with Crippen LogP contribution in [-0.2, 0) is 0 Å². The Bertz CT molecular complexity index is 373. The molecule has 0 saturated carbocycles. The molecule has 3 nitrogen and oxygen atoms in total. The first-order valence-electron chi connectivity index (χ1n) is 4.03. The van der Waals surface area contributed by atoms with Gasteiger partial charge in [-0.1, -0.05) is 0 Å². The highest BCUT2D eigenvalue weighted by molar-refractivity contribution is 5.28. The summed E-state index contributed by atoms with van der Waals surface area (Å²) >= 11 is 0. The summed E-state index contributed by atoms with van der Waals surface area (Å²) in [6.45, 7) is 1.82. The zero-order valence-corrected chi connectivity index (χ0v) is 7.23. The molecule has 0 aliphatic heterocycles. The minimum atomic E-state index is -0.655. The molecule has 1 unspecified atom stereocenters. The molecule has 1 atom stereocenters. The van der Waals surface area contributed by atoms with Crippen molar-refractivity contribution in [3.05, 3.63) is 47.8 Å². The molecular weight excluding hydrogens is 168 g/mol. The summed E-state index contributed by atoms with van der Waals surface area (Å²) in [6, 6.07) is 3.49. The standard InChI is InChI=1S/C10H10O3/c1-7-9(3-5-13-7)10(11)8-2-4-12-6-8/h2-6,10-11H,1H3. The lowest BCUT2D eigenvalue weighted by Gasteiger charge is -2.05. The van der Waals surface area contributed by atoms with Crippen molar-refractivity contribution in [2.24, 2.45) is 0 Å². The smallest absolute Gasteiger partial charge is 0.110 e. The van der Waals surface area contributed by atoms with Gasteiger partial charge in [-0.05, 0) is 19.1 Å². The van der Waals surface area contributed by atoms with E-state index in [0.717, 1.165) is 16.9 Å². The van der Waals surface area contributed by atoms with Gasteiger partial charge >= 0.3 is 0 Å². The lowest BCUT2D eigenvalue weighted by atomic mass is 10.1. The zero-order chi connectivity index (χ0) is 9.26. The van der Waals surface area contributed by atoms with Crippen LogP contribution in [0.15, 0.2) is 39.8 Å². The second kappa shape index (κ2) is 3.11. The summed E-state index contributed by atoms with van der Waals surface area (Å²) in [5.74, 6) is 0.730. The highest BCUT2D eigenvalue weighted by Crippen LogP contribution is 2.25. The first-order valence-corrected chi connectivity index (χ1v) is 4.03. The van der Waals surface area contributed by atoms with E-state index >= 15 is 0 Å². The van der Waals surface area contributed by atoms with Crippen LogP contribution in [0, 0.1) is 6.92 Å². The summed E-state index contributed by atoms with van der Waals surface area (Å²) in [5, 5.41) is 9.83. The van der Waals surface area contributed by atoms with Gasteiger partial charge in [0.05, 0.1) is 18.8 Å². The number of aliphatic hydroxyl groups excluding tert-OH is 1. The van der Waals surface area contributed by atoms with Crippen LogP contribution >= 0.6 is 0 Å². The molecule has 0 amide bonds. The second-order valence-corrected chi connectivity index (χ2v) is 2.89. The second-order valence-electron chi connectivity index (χ2n) is 2.89. The molecule has 1 N–H and O–H groups in total. The van der Waals surface area contributed by atoms with Crippen molar-refractivity contribution in [2.75, 3.05) is 0 Å². The maximum Gasteiger partial charge on any atom is 0.110 e. The molecule has 0 aliphatic carbocycles. The van der Waals surface area contributed by atoms with Crippen LogP contribution < -0.4 is 0 Å². The van der Waals surface area contributed by atoms with E-state index < -0.39 is 6.10 Å². The van der Waals surface area contributed by atoms with Crippen LogP contribution in [-0.4, -0.2) is 5.11 Å². The lowest BCUT2D eigenvalue weighted by molar-refractivity contribution is 0.217. The van der Waals surface area contributed by atoms with Crippen molar-refractivity contribution in [1.82, 2.24) is 0 Å². The minimum Gasteiger partial charge on any atom is -0.472 e. The summed E-state index contributed by atoms with van der Waals surface area (Å²) in [4.78, 5) is 0. The van der Waals surface area contributed by atoms with Gasteiger partial charge in [-0.3, -0.25) is 0 Å². The maximum atomic E-state index is 9.83. The topological polar surface area (TPSA) is 46.5 Å². The SMILES string of the molecule is Cc1occc1C(O)c1ccoc1. The molecule has 2 aromatic rings. The number of aryl methyl sites for hydroxylation is 1. The summed E-state index contributed by atoms with van der Waals surface area (Å²) in [6.07, 6.45) is 3.97. The van der Waals surface area contributed by atoms with Gasteiger partial charge in [0.2, 0.25) is 0 Å². The van der Waals surface area contributed by atoms with Gasteiger partial charge in [0.25, 0.3) is 0 Å². The molecule has 2 aromatic heterocycles. The van der Waals surface area contributed by atoms with E-state index in [0.29, 0.717) is 0 Å². The monoisotopic (exact) mass is 178 g/mol. The van der Waals surface area contributed by atoms with Gasteiger partial charge in [0.15, 0.2) is 0 Å². The molecule has 0 aliphatic rings. The van der Waals surface area contributed by atoms with Crippen molar-refractivity contribution in [2.45, 2.75) is 13.0 Å². The Morgan fingerprint density at radius 1 is 1.31 bits per heavy atom. The molecular formula is C10H10O3. The van der Waals surface area contributed by atoms with Gasteiger partial charge in [-0.15, -0.1) is 0 Å². The molecule has 0 fully saturated rings. The van der Waals surface area contributed by atoms with E-state index in [4.69, 9.17) is 8.83 Å². The molecule has 0 spiro atoms. The quantitative estimate of drug-likeness (QED) is 0.767. The van der Waals surface area contributed by atoms with Crippen LogP contribution in [0.5, 0.6) is 0 Å². The van der Waals surface area contributed by atoms with Gasteiger partial charge in [0.1, 0.15) is 11.9 Å². The van der Waals surface area contributed by atoms with Gasteiger partial charge < -0.3 is 13.9 Å². The van der Waals surface area contributed by atoms with E-state index in [1.807, 2.05) is 6.92 Å². The lowest BCUT2D eigenvalue weighted by Crippen LogP contribution is -1.97. The maximum absolute atomic E-state index is 9.83. The first-order chi connectivity index (χ1) is 6.29. The molecule has 68 valence electrons. The van der Waals surface area contributed by atoms with E-state index in [-0.39, 0.29) is 0 Å². The Hall–Kier alpha value is -1.48. The van der Waals surface area contributed by atoms with Crippen LogP contribution in [0.1, 0.15) is 23.0 Å². The van der Waals surface area contributed by atoms with Crippen LogP contribution in [0.2, 0.25) is 0 Å². The van der Waals surface area contributed by atoms with Crippen molar-refractivity contribution in [3.63, 3.8) is 0 Å². The fraction of sp³-hybridized carbons (Fsp3) is 0.200. The van der Waals surface area contributed by atoms with E-state index in [2.05, 4.69) is 0 Å². The number of hydrogen-bond acceptors (Lipinski definition) is 3. The van der Waals surface area contributed by atoms with Crippen molar-refractivity contribution >= 4 is 0 Å². The third-order valence-electron chi connectivity index (χ3n) is 2.05. The predicted octanol–water partition coefficient (Wildman–Crippen LogP) is 2.26. The third-order valence-corrected chi connectivity index (χ3v) is 2.05. The third kappa shape index (κ3) is 1.38. The average Bonchev–Trinajstić information content (AvgIpc) is 2.72. The normalized spacial score (nSPS) is 13.1. The van der Waals surface area contributed by atoms with Gasteiger partial charge in [0, 0.05) is 11.1 Å². The molecule has 0 bridgehead atoms. The molecule has 0 aromatic carbocycles. The number of rotatable bonds is 2. The number of hydrogen-bond donors (Lipinski definition) is 1. The molecule has 2 heterocycles. The Morgan fingerprint density at radius 2 is 2.15 bits per heavy atom. The highest BCUT2D eigenvalue weighted by Gasteiger charge is 2.15. The van der Waals surface area contributed by atoms with Gasteiger partial charge in [-0.2, -0.15) is 0 Å². The number of aliphatic hydroxyl groups is 1. The molecule has 0 radical (unpaired) electrons. The summed E-state index contributed by atoms with van der Waals surface area (Å²) in [5.41, 5.74) is 1.52. The molecule has 3 heteroatoms.